The van der Waals surface area contributed by atoms with Crippen LogP contribution in [0.15, 0.2) is 47.2 Å². The highest BCUT2D eigenvalue weighted by Crippen LogP contribution is 2.40. The second-order valence-electron chi connectivity index (χ2n) is 12.7. The van der Waals surface area contributed by atoms with Crippen molar-refractivity contribution >= 4 is 28.5 Å². The molecule has 2 aliphatic heterocycles. The van der Waals surface area contributed by atoms with E-state index in [2.05, 4.69) is 21.1 Å². The molecule has 0 radical (unpaired) electrons. The lowest BCUT2D eigenvalue weighted by Gasteiger charge is -2.23. The number of amides is 2. The Bertz CT molecular complexity index is 1960. The highest BCUT2D eigenvalue weighted by atomic mass is 16.5. The average molecular weight is 609 g/mol. The molecule has 3 aliphatic rings. The second-order valence-corrected chi connectivity index (χ2v) is 12.7. The fraction of sp³-hybridized carbons (Fsp3) is 0.424. The van der Waals surface area contributed by atoms with Crippen molar-refractivity contribution in [3.8, 4) is 17.3 Å². The normalized spacial score (nSPS) is 21.6. The van der Waals surface area contributed by atoms with Crippen molar-refractivity contribution in [1.29, 1.82) is 0 Å². The Kier molecular flexibility index (Phi) is 6.45. The van der Waals surface area contributed by atoms with Gasteiger partial charge in [0.2, 0.25) is 0 Å². The summed E-state index contributed by atoms with van der Waals surface area (Å²) in [6, 6.07) is 11.3. The monoisotopic (exact) mass is 608 g/mol. The van der Waals surface area contributed by atoms with E-state index in [0.717, 1.165) is 59.6 Å². The largest absolute Gasteiger partial charge is 0.482 e. The summed E-state index contributed by atoms with van der Waals surface area (Å²) in [4.78, 5) is 38.5. The number of imidazole rings is 1. The first-order valence-corrected chi connectivity index (χ1v) is 15.7. The standard InChI is InChI=1S/C33H36N8O4/c1-17(35-32(42)25-10-11-45-38-25)24-8-6-20-12-27(39(31(20)36-24)16-19-4-5-19)30-18(2)40-28(37-30)13-21(14-29(40)44-3)33(43)41-22-7-9-26(41)23(34)15-22/h6,8,10-14,17,19,22-23,26H,4-5,7,9,15-16,34H2,1-3H3,(H,35,42)/t17-,22+,23-,26-/m1/s1. The van der Waals surface area contributed by atoms with Crippen molar-refractivity contribution in [2.45, 2.75) is 76.7 Å². The Morgan fingerprint density at radius 2 is 1.98 bits per heavy atom. The molecule has 3 fully saturated rings. The summed E-state index contributed by atoms with van der Waals surface area (Å²) in [5, 5.41) is 7.68. The molecule has 2 amide bonds. The van der Waals surface area contributed by atoms with Crippen LogP contribution < -0.4 is 15.8 Å². The van der Waals surface area contributed by atoms with E-state index in [-0.39, 0.29) is 41.7 Å². The minimum atomic E-state index is -0.344. The quantitative estimate of drug-likeness (QED) is 0.266. The number of aryl methyl sites for hydroxylation is 1. The van der Waals surface area contributed by atoms with E-state index in [1.54, 1.807) is 7.11 Å². The minimum absolute atomic E-state index is 0.0113. The Morgan fingerprint density at radius 3 is 2.67 bits per heavy atom. The van der Waals surface area contributed by atoms with Crippen molar-refractivity contribution in [3.05, 3.63) is 65.3 Å². The number of carbonyl (C=O) groups excluding carboxylic acids is 2. The van der Waals surface area contributed by atoms with Crippen LogP contribution >= 0.6 is 0 Å². The average Bonchev–Trinajstić information content (AvgIpc) is 3.46. The number of nitrogens with two attached hydrogens (primary N) is 1. The van der Waals surface area contributed by atoms with Gasteiger partial charge in [0.05, 0.1) is 30.2 Å². The Balaban J connectivity index is 1.19. The van der Waals surface area contributed by atoms with Crippen molar-refractivity contribution in [2.24, 2.45) is 11.7 Å². The molecule has 232 valence electrons. The summed E-state index contributed by atoms with van der Waals surface area (Å²) in [5.41, 5.74) is 12.1. The molecule has 4 atom stereocenters. The molecule has 12 heteroatoms. The van der Waals surface area contributed by atoms with Crippen LogP contribution in [0.1, 0.15) is 77.3 Å². The van der Waals surface area contributed by atoms with E-state index < -0.39 is 0 Å². The van der Waals surface area contributed by atoms with Gasteiger partial charge in [0.25, 0.3) is 11.8 Å². The number of fused-ring (bicyclic) bond motifs is 4. The molecule has 2 bridgehead atoms. The van der Waals surface area contributed by atoms with Gasteiger partial charge in [-0.3, -0.25) is 14.0 Å². The molecule has 2 saturated heterocycles. The van der Waals surface area contributed by atoms with Gasteiger partial charge in [0.1, 0.15) is 23.3 Å². The molecule has 1 saturated carbocycles. The van der Waals surface area contributed by atoms with Crippen LogP contribution in [-0.2, 0) is 6.54 Å². The minimum Gasteiger partial charge on any atom is -0.482 e. The molecule has 1 aliphatic carbocycles. The number of aromatic nitrogens is 5. The van der Waals surface area contributed by atoms with Crippen LogP contribution in [0, 0.1) is 12.8 Å². The smallest absolute Gasteiger partial charge is 0.273 e. The SMILES string of the molecule is COc1cc(C(=O)N2[C@H]3CC[C@@H]2[C@H](N)C3)cc2nc(-c3cc4ccc([C@@H](C)NC(=O)c5ccon5)nc4n3CC3CC3)c(C)n12. The lowest BCUT2D eigenvalue weighted by Crippen LogP contribution is -2.40. The lowest BCUT2D eigenvalue weighted by atomic mass is 9.97. The lowest BCUT2D eigenvalue weighted by molar-refractivity contribution is 0.0725. The summed E-state index contributed by atoms with van der Waals surface area (Å²) >= 11 is 0. The van der Waals surface area contributed by atoms with Crippen LogP contribution in [0.2, 0.25) is 0 Å². The van der Waals surface area contributed by atoms with Gasteiger partial charge in [-0.15, -0.1) is 0 Å². The zero-order valence-electron chi connectivity index (χ0n) is 25.6. The summed E-state index contributed by atoms with van der Waals surface area (Å²) in [5.74, 6) is 0.805. The summed E-state index contributed by atoms with van der Waals surface area (Å²) in [6.07, 6.45) is 6.54. The van der Waals surface area contributed by atoms with Crippen LogP contribution in [0.3, 0.4) is 0 Å². The fourth-order valence-electron chi connectivity index (χ4n) is 7.29. The molecular formula is C33H36N8O4. The number of pyridine rings is 2. The van der Waals surface area contributed by atoms with Crippen LogP contribution in [0.4, 0.5) is 0 Å². The summed E-state index contributed by atoms with van der Waals surface area (Å²) in [6.45, 7) is 4.75. The van der Waals surface area contributed by atoms with Gasteiger partial charge in [-0.05, 0) is 76.1 Å². The highest BCUT2D eigenvalue weighted by molar-refractivity contribution is 5.97. The van der Waals surface area contributed by atoms with Gasteiger partial charge >= 0.3 is 0 Å². The molecule has 12 nitrogen and oxygen atoms in total. The van der Waals surface area contributed by atoms with Crippen molar-refractivity contribution in [1.82, 2.24) is 34.3 Å². The van der Waals surface area contributed by atoms with Gasteiger partial charge in [-0.1, -0.05) is 5.16 Å². The third kappa shape index (κ3) is 4.57. The predicted octanol–water partition coefficient (Wildman–Crippen LogP) is 4.26. The molecule has 45 heavy (non-hydrogen) atoms. The molecular weight excluding hydrogens is 572 g/mol. The highest BCUT2D eigenvalue weighted by Gasteiger charge is 2.47. The van der Waals surface area contributed by atoms with Crippen LogP contribution in [0.25, 0.3) is 28.1 Å². The number of methoxy groups -OCH3 is 1. The summed E-state index contributed by atoms with van der Waals surface area (Å²) in [7, 11) is 1.62. The van der Waals surface area contributed by atoms with E-state index in [0.29, 0.717) is 23.0 Å². The molecule has 3 N–H and O–H groups in total. The van der Waals surface area contributed by atoms with Crippen molar-refractivity contribution < 1.29 is 18.8 Å². The number of hydrogen-bond donors (Lipinski definition) is 2. The topological polar surface area (TPSA) is 146 Å². The van der Waals surface area contributed by atoms with E-state index >= 15 is 0 Å². The van der Waals surface area contributed by atoms with Gasteiger partial charge in [-0.25, -0.2) is 9.97 Å². The van der Waals surface area contributed by atoms with E-state index in [9.17, 15) is 9.59 Å². The zero-order chi connectivity index (χ0) is 31.0. The third-order valence-corrected chi connectivity index (χ3v) is 9.80. The number of rotatable bonds is 8. The van der Waals surface area contributed by atoms with Gasteiger partial charge in [-0.2, -0.15) is 0 Å². The molecule has 0 unspecified atom stereocenters. The van der Waals surface area contributed by atoms with Crippen molar-refractivity contribution in [3.63, 3.8) is 0 Å². The molecule has 0 aromatic carbocycles. The van der Waals surface area contributed by atoms with Crippen LogP contribution in [0.5, 0.6) is 5.88 Å². The fourth-order valence-corrected chi connectivity index (χ4v) is 7.29. The first-order valence-electron chi connectivity index (χ1n) is 15.7. The first-order chi connectivity index (χ1) is 21.8. The molecule has 7 heterocycles. The number of nitrogens with one attached hydrogen (secondary N) is 1. The maximum absolute atomic E-state index is 13.8. The number of ether oxygens (including phenoxy) is 1. The zero-order valence-corrected chi connectivity index (χ0v) is 25.6. The van der Waals surface area contributed by atoms with Gasteiger partial charge in [0, 0.05) is 47.8 Å². The molecule has 0 spiro atoms. The van der Waals surface area contributed by atoms with E-state index in [1.165, 1.54) is 25.2 Å². The second kappa shape index (κ2) is 10.4. The Hall–Kier alpha value is -4.71. The Labute approximate surface area is 259 Å². The number of nitrogens with zero attached hydrogens (tertiary/aromatic N) is 6. The molecule has 8 rings (SSSR count). The Morgan fingerprint density at radius 1 is 1.13 bits per heavy atom. The first kappa shape index (κ1) is 27.8. The predicted molar refractivity (Wildman–Crippen MR) is 166 cm³/mol. The summed E-state index contributed by atoms with van der Waals surface area (Å²) < 4.78 is 14.9. The maximum Gasteiger partial charge on any atom is 0.273 e. The van der Waals surface area contributed by atoms with Crippen molar-refractivity contribution in [2.75, 3.05) is 7.11 Å². The molecule has 5 aromatic heterocycles. The maximum atomic E-state index is 13.8. The van der Waals surface area contributed by atoms with Gasteiger partial charge in [0.15, 0.2) is 11.6 Å². The molecule has 5 aromatic rings. The van der Waals surface area contributed by atoms with Crippen LogP contribution in [-0.4, -0.2) is 66.0 Å². The van der Waals surface area contributed by atoms with E-state index in [1.807, 2.05) is 47.4 Å². The number of hydrogen-bond acceptors (Lipinski definition) is 8. The number of carbonyl (C=O) groups is 2. The van der Waals surface area contributed by atoms with Gasteiger partial charge < -0.3 is 29.8 Å². The van der Waals surface area contributed by atoms with E-state index in [4.69, 9.17) is 25.0 Å². The third-order valence-electron chi connectivity index (χ3n) is 9.80.